The Morgan fingerprint density at radius 2 is 2.00 bits per heavy atom. The number of alkyl halides is 3. The van der Waals surface area contributed by atoms with Crippen LogP contribution < -0.4 is 0 Å². The molecule has 16 heavy (non-hydrogen) atoms. The first-order valence-corrected chi connectivity index (χ1v) is 3.76. The smallest absolute Gasteiger partial charge is 0.258 e. The molecule has 0 atom stereocenters. The predicted octanol–water partition coefficient (Wildman–Crippen LogP) is 3.56. The first-order valence-electron chi connectivity index (χ1n) is 3.76. The maximum Gasteiger partial charge on any atom is 0.416 e. The number of azide groups is 1. The van der Waals surface area contributed by atoms with E-state index in [0.29, 0.717) is 12.1 Å². The van der Waals surface area contributed by atoms with E-state index in [-0.39, 0.29) is 0 Å². The molecule has 0 aliphatic rings. The zero-order valence-electron chi connectivity index (χ0n) is 7.47. The van der Waals surface area contributed by atoms with Crippen LogP contribution in [0.3, 0.4) is 0 Å². The van der Waals surface area contributed by atoms with E-state index >= 15 is 0 Å². The zero-order valence-corrected chi connectivity index (χ0v) is 7.47. The Labute approximate surface area is 86.1 Å². The molecule has 0 heterocycles. The van der Waals surface area contributed by atoms with Crippen molar-refractivity contribution < 1.29 is 18.1 Å². The van der Waals surface area contributed by atoms with Crippen LogP contribution >= 0.6 is 0 Å². The Morgan fingerprint density at radius 1 is 1.38 bits per heavy atom. The third kappa shape index (κ3) is 2.61. The Bertz CT molecular complexity index is 459. The maximum atomic E-state index is 12.3. The number of hydrogen-bond donors (Lipinski definition) is 0. The second kappa shape index (κ2) is 4.07. The van der Waals surface area contributed by atoms with Crippen LogP contribution in [-0.2, 0) is 6.18 Å². The van der Waals surface area contributed by atoms with Crippen LogP contribution in [0.5, 0.6) is 0 Å². The fraction of sp³-hybridized carbons (Fsp3) is 0.143. The molecule has 0 aromatic heterocycles. The second-order valence-electron chi connectivity index (χ2n) is 2.68. The van der Waals surface area contributed by atoms with E-state index < -0.39 is 28.0 Å². The Kier molecular flexibility index (Phi) is 3.00. The summed E-state index contributed by atoms with van der Waals surface area (Å²) in [6.07, 6.45) is -4.73. The fourth-order valence-electron chi connectivity index (χ4n) is 0.974. The number of hydrogen-bond acceptors (Lipinski definition) is 3. The monoisotopic (exact) mass is 232 g/mol. The lowest BCUT2D eigenvalue weighted by molar-refractivity contribution is -0.385. The Hall–Kier alpha value is -2.28. The SMILES string of the molecule is [N-]=[N+]=Nc1cc([N+](=O)[O-])cc(C(F)(F)F)c1. The average Bonchev–Trinajstić information content (AvgIpc) is 2.16. The van der Waals surface area contributed by atoms with E-state index in [0.717, 1.165) is 6.07 Å². The molecular formula is C7H3F3N4O2. The van der Waals surface area contributed by atoms with Crippen molar-refractivity contribution in [3.8, 4) is 0 Å². The largest absolute Gasteiger partial charge is 0.416 e. The minimum Gasteiger partial charge on any atom is -0.258 e. The number of nitro groups is 1. The lowest BCUT2D eigenvalue weighted by atomic mass is 10.1. The van der Waals surface area contributed by atoms with E-state index in [2.05, 4.69) is 10.0 Å². The van der Waals surface area contributed by atoms with Gasteiger partial charge in [-0.1, -0.05) is 5.11 Å². The molecule has 6 nitrogen and oxygen atoms in total. The van der Waals surface area contributed by atoms with E-state index in [9.17, 15) is 23.3 Å². The van der Waals surface area contributed by atoms with Gasteiger partial charge in [-0.25, -0.2) is 0 Å². The van der Waals surface area contributed by atoms with Crippen LogP contribution in [0.1, 0.15) is 5.56 Å². The van der Waals surface area contributed by atoms with Crippen LogP contribution in [0.2, 0.25) is 0 Å². The van der Waals surface area contributed by atoms with Gasteiger partial charge >= 0.3 is 6.18 Å². The number of rotatable bonds is 2. The number of nitro benzene ring substituents is 1. The molecule has 0 saturated carbocycles. The quantitative estimate of drug-likeness (QED) is 0.256. The van der Waals surface area contributed by atoms with Gasteiger partial charge in [0.2, 0.25) is 0 Å². The van der Waals surface area contributed by atoms with Crippen LogP contribution in [0.4, 0.5) is 24.5 Å². The minimum absolute atomic E-state index is 0.371. The number of nitrogens with zero attached hydrogens (tertiary/aromatic N) is 4. The number of non-ortho nitro benzene ring substituents is 1. The summed E-state index contributed by atoms with van der Waals surface area (Å²) in [7, 11) is 0. The highest BCUT2D eigenvalue weighted by molar-refractivity contribution is 5.51. The molecule has 84 valence electrons. The summed E-state index contributed by atoms with van der Waals surface area (Å²) in [5.74, 6) is 0. The standard InChI is InChI=1S/C7H3F3N4O2/c8-7(9,10)4-1-5(12-13-11)3-6(2-4)14(15)16/h1-3H. The Balaban J connectivity index is 3.41. The highest BCUT2D eigenvalue weighted by Crippen LogP contribution is 2.34. The van der Waals surface area contributed by atoms with Crippen molar-refractivity contribution in [2.45, 2.75) is 6.18 Å². The zero-order chi connectivity index (χ0) is 12.3. The third-order valence-electron chi connectivity index (χ3n) is 1.60. The third-order valence-corrected chi connectivity index (χ3v) is 1.60. The maximum absolute atomic E-state index is 12.3. The van der Waals surface area contributed by atoms with Gasteiger partial charge in [0.15, 0.2) is 0 Å². The van der Waals surface area contributed by atoms with Gasteiger partial charge in [-0.15, -0.1) is 0 Å². The van der Waals surface area contributed by atoms with Crippen LogP contribution in [-0.4, -0.2) is 4.92 Å². The van der Waals surface area contributed by atoms with Crippen molar-refractivity contribution in [3.05, 3.63) is 44.3 Å². The van der Waals surface area contributed by atoms with Crippen LogP contribution in [0, 0.1) is 10.1 Å². The summed E-state index contributed by atoms with van der Waals surface area (Å²) in [6, 6.07) is 1.66. The molecule has 0 aliphatic carbocycles. The van der Waals surface area contributed by atoms with Crippen molar-refractivity contribution in [2.75, 3.05) is 0 Å². The number of halogens is 3. The molecular weight excluding hydrogens is 229 g/mol. The number of benzene rings is 1. The van der Waals surface area contributed by atoms with Crippen molar-refractivity contribution in [1.82, 2.24) is 0 Å². The molecule has 1 rings (SSSR count). The van der Waals surface area contributed by atoms with Crippen molar-refractivity contribution in [2.24, 2.45) is 5.11 Å². The van der Waals surface area contributed by atoms with Gasteiger partial charge in [-0.05, 0) is 11.6 Å². The molecule has 0 saturated heterocycles. The summed E-state index contributed by atoms with van der Waals surface area (Å²) < 4.78 is 36.9. The molecule has 0 N–H and O–H groups in total. The normalized spacial score (nSPS) is 10.7. The molecule has 0 bridgehead atoms. The van der Waals surface area contributed by atoms with E-state index in [1.807, 2.05) is 0 Å². The van der Waals surface area contributed by atoms with Crippen LogP contribution in [0.25, 0.3) is 10.4 Å². The molecule has 0 radical (unpaired) electrons. The summed E-state index contributed by atoms with van der Waals surface area (Å²) in [5.41, 5.74) is 5.58. The van der Waals surface area contributed by atoms with Gasteiger partial charge in [0, 0.05) is 22.7 Å². The average molecular weight is 232 g/mol. The van der Waals surface area contributed by atoms with Gasteiger partial charge in [-0.2, -0.15) is 13.2 Å². The molecule has 0 fully saturated rings. The van der Waals surface area contributed by atoms with Gasteiger partial charge in [0.25, 0.3) is 5.69 Å². The van der Waals surface area contributed by atoms with Crippen molar-refractivity contribution >= 4 is 11.4 Å². The van der Waals surface area contributed by atoms with Crippen LogP contribution in [0.15, 0.2) is 23.3 Å². The summed E-state index contributed by atoms with van der Waals surface area (Å²) in [6.45, 7) is 0. The second-order valence-corrected chi connectivity index (χ2v) is 2.68. The molecule has 9 heteroatoms. The summed E-state index contributed by atoms with van der Waals surface area (Å²) >= 11 is 0. The van der Waals surface area contributed by atoms with Gasteiger partial charge < -0.3 is 0 Å². The molecule has 0 spiro atoms. The molecule has 0 aliphatic heterocycles. The topological polar surface area (TPSA) is 91.9 Å². The van der Waals surface area contributed by atoms with Gasteiger partial charge in [0.1, 0.15) is 0 Å². The van der Waals surface area contributed by atoms with E-state index in [4.69, 9.17) is 5.53 Å². The molecule has 0 amide bonds. The van der Waals surface area contributed by atoms with E-state index in [1.54, 1.807) is 0 Å². The van der Waals surface area contributed by atoms with Crippen molar-refractivity contribution in [3.63, 3.8) is 0 Å². The predicted molar refractivity (Wildman–Crippen MR) is 46.9 cm³/mol. The van der Waals surface area contributed by atoms with Crippen molar-refractivity contribution in [1.29, 1.82) is 0 Å². The molecule has 0 unspecified atom stereocenters. The Morgan fingerprint density at radius 3 is 2.44 bits per heavy atom. The first kappa shape index (κ1) is 11.8. The molecule has 1 aromatic carbocycles. The summed E-state index contributed by atoms with van der Waals surface area (Å²) in [4.78, 5) is 11.6. The highest BCUT2D eigenvalue weighted by Gasteiger charge is 2.32. The highest BCUT2D eigenvalue weighted by atomic mass is 19.4. The summed E-state index contributed by atoms with van der Waals surface area (Å²) in [5, 5.41) is 13.2. The van der Waals surface area contributed by atoms with Gasteiger partial charge in [-0.3, -0.25) is 10.1 Å². The lowest BCUT2D eigenvalue weighted by Gasteiger charge is -2.06. The fourth-order valence-corrected chi connectivity index (χ4v) is 0.974. The first-order chi connectivity index (χ1) is 7.34. The lowest BCUT2D eigenvalue weighted by Crippen LogP contribution is -2.05. The molecule has 1 aromatic rings. The van der Waals surface area contributed by atoms with E-state index in [1.165, 1.54) is 0 Å². The van der Waals surface area contributed by atoms with Gasteiger partial charge in [0.05, 0.1) is 10.5 Å². The minimum atomic E-state index is -4.73.